The van der Waals surface area contributed by atoms with E-state index < -0.39 is 0 Å². The van der Waals surface area contributed by atoms with Crippen LogP contribution >= 0.6 is 11.6 Å². The van der Waals surface area contributed by atoms with Crippen LogP contribution in [0.5, 0.6) is 0 Å². The molecule has 0 aromatic carbocycles. The van der Waals surface area contributed by atoms with Crippen LogP contribution in [0.2, 0.25) is 0 Å². The lowest BCUT2D eigenvalue weighted by atomic mass is 10.3. The predicted molar refractivity (Wildman–Crippen MR) is 65.4 cm³/mol. The molecule has 1 heterocycles. The standard InChI is InChI=1S/C10H19ClN4/c1-12-13-10(11)4-3-5-15-8-6-14(2)7-9-15/h3-4,12H,5-9H2,1-2H3/b4-3-,13-10+. The van der Waals surface area contributed by atoms with Crippen LogP contribution in [0.25, 0.3) is 0 Å². The molecule has 0 amide bonds. The first-order valence-corrected chi connectivity index (χ1v) is 5.57. The van der Waals surface area contributed by atoms with Gasteiger partial charge in [-0.2, -0.15) is 5.10 Å². The molecular weight excluding hydrogens is 212 g/mol. The largest absolute Gasteiger partial charge is 0.312 e. The molecule has 0 bridgehead atoms. The van der Waals surface area contributed by atoms with Crippen molar-refractivity contribution in [1.29, 1.82) is 0 Å². The molecule has 15 heavy (non-hydrogen) atoms. The maximum absolute atomic E-state index is 5.80. The maximum Gasteiger partial charge on any atom is 0.148 e. The number of hydrogen-bond donors (Lipinski definition) is 1. The van der Waals surface area contributed by atoms with E-state index in [-0.39, 0.29) is 0 Å². The van der Waals surface area contributed by atoms with Gasteiger partial charge < -0.3 is 10.3 Å². The van der Waals surface area contributed by atoms with Crippen molar-refractivity contribution in [3.05, 3.63) is 12.2 Å². The van der Waals surface area contributed by atoms with Crippen molar-refractivity contribution in [3.63, 3.8) is 0 Å². The highest BCUT2D eigenvalue weighted by Gasteiger charge is 2.11. The Kier molecular flexibility index (Phi) is 5.68. The third-order valence-corrected chi connectivity index (χ3v) is 2.64. The van der Waals surface area contributed by atoms with E-state index in [4.69, 9.17) is 11.6 Å². The molecule has 0 aromatic heterocycles. The Hall–Kier alpha value is -0.580. The van der Waals surface area contributed by atoms with Gasteiger partial charge in [0, 0.05) is 39.8 Å². The molecule has 1 rings (SSSR count). The second-order valence-electron chi connectivity index (χ2n) is 3.66. The molecule has 0 aromatic rings. The Labute approximate surface area is 96.6 Å². The second-order valence-corrected chi connectivity index (χ2v) is 4.05. The summed E-state index contributed by atoms with van der Waals surface area (Å²) in [4.78, 5) is 4.75. The first kappa shape index (κ1) is 12.5. The first-order valence-electron chi connectivity index (χ1n) is 5.19. The van der Waals surface area contributed by atoms with E-state index in [1.807, 2.05) is 6.08 Å². The Bertz CT molecular complexity index is 232. The minimum atomic E-state index is 0.492. The topological polar surface area (TPSA) is 30.9 Å². The number of likely N-dealkylation sites (N-methyl/N-ethyl adjacent to an activating group) is 1. The Balaban J connectivity index is 2.22. The van der Waals surface area contributed by atoms with Crippen molar-refractivity contribution in [1.82, 2.24) is 15.2 Å². The van der Waals surface area contributed by atoms with Crippen molar-refractivity contribution >= 4 is 16.8 Å². The van der Waals surface area contributed by atoms with Gasteiger partial charge in [0.1, 0.15) is 5.17 Å². The third kappa shape index (κ3) is 5.16. The highest BCUT2D eigenvalue weighted by Crippen LogP contribution is 1.99. The van der Waals surface area contributed by atoms with Gasteiger partial charge in [0.25, 0.3) is 0 Å². The van der Waals surface area contributed by atoms with Crippen LogP contribution in [0.3, 0.4) is 0 Å². The maximum atomic E-state index is 5.80. The number of hydrogen-bond acceptors (Lipinski definition) is 4. The number of nitrogens with one attached hydrogen (secondary N) is 1. The van der Waals surface area contributed by atoms with Crippen LogP contribution in [-0.2, 0) is 0 Å². The number of piperazine rings is 1. The summed E-state index contributed by atoms with van der Waals surface area (Å²) in [6.07, 6.45) is 3.88. The molecule has 0 aliphatic carbocycles. The van der Waals surface area contributed by atoms with E-state index in [9.17, 15) is 0 Å². The molecule has 0 atom stereocenters. The summed E-state index contributed by atoms with van der Waals surface area (Å²) in [5.41, 5.74) is 2.65. The molecule has 86 valence electrons. The number of halogens is 1. The van der Waals surface area contributed by atoms with Crippen LogP contribution < -0.4 is 5.43 Å². The van der Waals surface area contributed by atoms with E-state index in [0.717, 1.165) is 32.7 Å². The fourth-order valence-corrected chi connectivity index (χ4v) is 1.65. The smallest absolute Gasteiger partial charge is 0.148 e. The molecule has 1 saturated heterocycles. The van der Waals surface area contributed by atoms with Gasteiger partial charge >= 0.3 is 0 Å². The number of hydrazone groups is 1. The second kappa shape index (κ2) is 6.82. The van der Waals surface area contributed by atoms with Crippen molar-refractivity contribution in [2.45, 2.75) is 0 Å². The molecule has 0 saturated carbocycles. The van der Waals surface area contributed by atoms with E-state index in [1.165, 1.54) is 0 Å². The van der Waals surface area contributed by atoms with Crippen LogP contribution in [-0.4, -0.2) is 61.8 Å². The SMILES string of the molecule is CN/N=C(Cl)\C=C/CN1CCN(C)CC1. The highest BCUT2D eigenvalue weighted by atomic mass is 35.5. The van der Waals surface area contributed by atoms with Crippen LogP contribution in [0, 0.1) is 0 Å². The average Bonchev–Trinajstić information content (AvgIpc) is 2.21. The summed E-state index contributed by atoms with van der Waals surface area (Å²) in [6.45, 7) is 5.49. The number of nitrogens with zero attached hydrogens (tertiary/aromatic N) is 3. The highest BCUT2D eigenvalue weighted by molar-refractivity contribution is 6.68. The molecule has 1 aliphatic rings. The van der Waals surface area contributed by atoms with Gasteiger partial charge in [0.2, 0.25) is 0 Å². The average molecular weight is 231 g/mol. The van der Waals surface area contributed by atoms with E-state index in [1.54, 1.807) is 7.05 Å². The molecule has 4 nitrogen and oxygen atoms in total. The lowest BCUT2D eigenvalue weighted by Crippen LogP contribution is -2.44. The van der Waals surface area contributed by atoms with Gasteiger partial charge in [-0.25, -0.2) is 0 Å². The molecule has 1 N–H and O–H groups in total. The Morgan fingerprint density at radius 1 is 1.40 bits per heavy atom. The summed E-state index contributed by atoms with van der Waals surface area (Å²) in [6, 6.07) is 0. The zero-order valence-electron chi connectivity index (χ0n) is 9.41. The molecule has 1 fully saturated rings. The fraction of sp³-hybridized carbons (Fsp3) is 0.700. The van der Waals surface area contributed by atoms with Gasteiger partial charge in [0.05, 0.1) is 0 Å². The monoisotopic (exact) mass is 230 g/mol. The van der Waals surface area contributed by atoms with Gasteiger partial charge in [-0.15, -0.1) is 0 Å². The molecule has 1 aliphatic heterocycles. The molecule has 0 spiro atoms. The minimum Gasteiger partial charge on any atom is -0.312 e. The van der Waals surface area contributed by atoms with Crippen molar-refractivity contribution in [2.75, 3.05) is 46.8 Å². The summed E-state index contributed by atoms with van der Waals surface area (Å²) in [7, 11) is 3.89. The summed E-state index contributed by atoms with van der Waals surface area (Å²) in [5, 5.41) is 4.33. The Morgan fingerprint density at radius 3 is 2.67 bits per heavy atom. The van der Waals surface area contributed by atoms with Gasteiger partial charge in [-0.05, 0) is 13.1 Å². The lowest BCUT2D eigenvalue weighted by Gasteiger charge is -2.31. The van der Waals surface area contributed by atoms with Gasteiger partial charge in [-0.3, -0.25) is 4.90 Å². The van der Waals surface area contributed by atoms with E-state index in [0.29, 0.717) is 5.17 Å². The summed E-state index contributed by atoms with van der Waals surface area (Å²) < 4.78 is 0. The third-order valence-electron chi connectivity index (χ3n) is 2.43. The van der Waals surface area contributed by atoms with Crippen molar-refractivity contribution in [3.8, 4) is 0 Å². The van der Waals surface area contributed by atoms with Gasteiger partial charge in [0.15, 0.2) is 0 Å². The molecule has 0 radical (unpaired) electrons. The first-order chi connectivity index (χ1) is 7.22. The van der Waals surface area contributed by atoms with Crippen LogP contribution in [0.15, 0.2) is 17.3 Å². The van der Waals surface area contributed by atoms with Crippen molar-refractivity contribution < 1.29 is 0 Å². The molecular formula is C10H19ClN4. The summed E-state index contributed by atoms with van der Waals surface area (Å²) >= 11 is 5.80. The summed E-state index contributed by atoms with van der Waals surface area (Å²) in [5.74, 6) is 0. The fourth-order valence-electron chi connectivity index (χ4n) is 1.47. The zero-order valence-corrected chi connectivity index (χ0v) is 10.2. The van der Waals surface area contributed by atoms with E-state index in [2.05, 4.69) is 33.5 Å². The van der Waals surface area contributed by atoms with Crippen LogP contribution in [0.1, 0.15) is 0 Å². The van der Waals surface area contributed by atoms with Crippen LogP contribution in [0.4, 0.5) is 0 Å². The normalized spacial score (nSPS) is 21.1. The quantitative estimate of drug-likeness (QED) is 0.566. The minimum absolute atomic E-state index is 0.492. The van der Waals surface area contributed by atoms with E-state index >= 15 is 0 Å². The number of allylic oxidation sites excluding steroid dienone is 1. The zero-order chi connectivity index (χ0) is 11.1. The Morgan fingerprint density at radius 2 is 2.07 bits per heavy atom. The molecule has 5 heteroatoms. The predicted octanol–water partition coefficient (Wildman–Crippen LogP) is 0.562. The lowest BCUT2D eigenvalue weighted by molar-refractivity contribution is 0.166. The number of rotatable bonds is 4. The molecule has 0 unspecified atom stereocenters. The van der Waals surface area contributed by atoms with Crippen molar-refractivity contribution in [2.24, 2.45) is 5.10 Å². The van der Waals surface area contributed by atoms with Gasteiger partial charge in [-0.1, -0.05) is 17.7 Å².